The van der Waals surface area contributed by atoms with E-state index in [1.54, 1.807) is 18.2 Å². The number of nitrogens with one attached hydrogen (secondary N) is 2. The molecule has 1 saturated heterocycles. The summed E-state index contributed by atoms with van der Waals surface area (Å²) in [5.41, 5.74) is 2.34. The average molecular weight is 581 g/mol. The highest BCUT2D eigenvalue weighted by Crippen LogP contribution is 2.26. The molecule has 2 heterocycles. The maximum Gasteiger partial charge on any atom is 0.267 e. The summed E-state index contributed by atoms with van der Waals surface area (Å²) in [6.45, 7) is 5.70. The Bertz CT molecular complexity index is 1580. The van der Waals surface area contributed by atoms with Crippen LogP contribution in [0.2, 0.25) is 0 Å². The lowest BCUT2D eigenvalue weighted by Gasteiger charge is -2.32. The maximum atomic E-state index is 14.0. The van der Waals surface area contributed by atoms with Crippen LogP contribution in [0, 0.1) is 11.6 Å². The Morgan fingerprint density at radius 1 is 0.878 bits per heavy atom. The minimum Gasteiger partial charge on any atom is -0.492 e. The molecule has 12 heteroatoms. The molecular formula is C29H30F2N6O3S. The third kappa shape index (κ3) is 7.34. The van der Waals surface area contributed by atoms with Crippen LogP contribution in [0.15, 0.2) is 84.0 Å². The Kier molecular flexibility index (Phi) is 8.72. The molecule has 1 fully saturated rings. The number of benzene rings is 3. The number of anilines is 3. The Balaban J connectivity index is 1.20. The molecule has 41 heavy (non-hydrogen) atoms. The van der Waals surface area contributed by atoms with Crippen LogP contribution in [0.3, 0.4) is 0 Å². The third-order valence-electron chi connectivity index (χ3n) is 6.67. The summed E-state index contributed by atoms with van der Waals surface area (Å²) in [4.78, 5) is 12.4. The predicted molar refractivity (Wildman–Crippen MR) is 154 cm³/mol. The molecule has 0 saturated carbocycles. The smallest absolute Gasteiger partial charge is 0.267 e. The van der Waals surface area contributed by atoms with E-state index in [4.69, 9.17) is 4.74 Å². The van der Waals surface area contributed by atoms with Gasteiger partial charge in [-0.3, -0.25) is 9.62 Å². The minimum atomic E-state index is -4.46. The van der Waals surface area contributed by atoms with E-state index >= 15 is 0 Å². The Morgan fingerprint density at radius 3 is 2.29 bits per heavy atom. The average Bonchev–Trinajstić information content (AvgIpc) is 2.95. The van der Waals surface area contributed by atoms with Crippen LogP contribution in [-0.2, 0) is 10.0 Å². The van der Waals surface area contributed by atoms with Gasteiger partial charge < -0.3 is 15.0 Å². The number of ether oxygens (including phenoxy) is 1. The standard InChI is InChI=1S/C29H30F2N6O3S/c1-36-12-14-37(15-13-36)16-17-40-24-5-2-4-21(18-24)27-19-28(33-20-32-27)34-22-8-10-23(11-9-22)35-41(38,39)29-25(30)6-3-7-26(29)31/h2-11,18-20,35H,12-17H2,1H3,(H,32,33,34). The van der Waals surface area contributed by atoms with Crippen molar-refractivity contribution in [2.24, 2.45) is 0 Å². The molecule has 4 aromatic rings. The van der Waals surface area contributed by atoms with Gasteiger partial charge in [-0.15, -0.1) is 0 Å². The maximum absolute atomic E-state index is 14.0. The van der Waals surface area contributed by atoms with E-state index in [2.05, 4.69) is 36.9 Å². The molecule has 1 aromatic heterocycles. The van der Waals surface area contributed by atoms with Gasteiger partial charge in [-0.2, -0.15) is 0 Å². The van der Waals surface area contributed by atoms with Crippen molar-refractivity contribution in [1.82, 2.24) is 19.8 Å². The highest BCUT2D eigenvalue weighted by atomic mass is 32.2. The van der Waals surface area contributed by atoms with E-state index in [1.165, 1.54) is 18.5 Å². The van der Waals surface area contributed by atoms with Crippen LogP contribution in [0.5, 0.6) is 5.75 Å². The van der Waals surface area contributed by atoms with E-state index < -0.39 is 26.6 Å². The molecule has 214 valence electrons. The first-order valence-corrected chi connectivity index (χ1v) is 14.6. The molecule has 3 aromatic carbocycles. The molecule has 0 unspecified atom stereocenters. The molecule has 1 aliphatic heterocycles. The predicted octanol–water partition coefficient (Wildman–Crippen LogP) is 4.59. The summed E-state index contributed by atoms with van der Waals surface area (Å²) in [5, 5.41) is 3.15. The molecule has 0 spiro atoms. The fraction of sp³-hybridized carbons (Fsp3) is 0.241. The molecule has 9 nitrogen and oxygen atoms in total. The second-order valence-corrected chi connectivity index (χ2v) is 11.3. The van der Waals surface area contributed by atoms with Gasteiger partial charge in [0, 0.05) is 55.7 Å². The van der Waals surface area contributed by atoms with Gasteiger partial charge in [-0.05, 0) is 55.6 Å². The van der Waals surface area contributed by atoms with Crippen LogP contribution < -0.4 is 14.8 Å². The normalized spacial score (nSPS) is 14.5. The van der Waals surface area contributed by atoms with Gasteiger partial charge in [-0.1, -0.05) is 18.2 Å². The number of aromatic nitrogens is 2. The molecule has 0 radical (unpaired) electrons. The lowest BCUT2D eigenvalue weighted by Crippen LogP contribution is -2.45. The molecule has 1 aliphatic rings. The fourth-order valence-corrected chi connectivity index (χ4v) is 5.61. The Morgan fingerprint density at radius 2 is 1.56 bits per heavy atom. The van der Waals surface area contributed by atoms with Gasteiger partial charge in [0.1, 0.15) is 36.1 Å². The van der Waals surface area contributed by atoms with E-state index in [1.807, 2.05) is 24.3 Å². The van der Waals surface area contributed by atoms with Gasteiger partial charge in [0.2, 0.25) is 0 Å². The van der Waals surface area contributed by atoms with Crippen LogP contribution in [0.1, 0.15) is 0 Å². The summed E-state index contributed by atoms with van der Waals surface area (Å²) >= 11 is 0. The summed E-state index contributed by atoms with van der Waals surface area (Å²) < 4.78 is 61.2. The quantitative estimate of drug-likeness (QED) is 0.281. The Labute approximate surface area is 237 Å². The molecule has 0 aliphatic carbocycles. The highest BCUT2D eigenvalue weighted by molar-refractivity contribution is 7.92. The second kappa shape index (κ2) is 12.6. The van der Waals surface area contributed by atoms with E-state index in [-0.39, 0.29) is 5.69 Å². The number of hydrogen-bond donors (Lipinski definition) is 2. The molecule has 5 rings (SSSR count). The van der Waals surface area contributed by atoms with Crippen LogP contribution in [0.25, 0.3) is 11.3 Å². The summed E-state index contributed by atoms with van der Waals surface area (Å²) in [5.74, 6) is -1.05. The van der Waals surface area contributed by atoms with Crippen molar-refractivity contribution in [3.05, 3.63) is 90.8 Å². The lowest BCUT2D eigenvalue weighted by atomic mass is 10.1. The SMILES string of the molecule is CN1CCN(CCOc2cccc(-c3cc(Nc4ccc(NS(=O)(=O)c5c(F)cccc5F)cc4)ncn3)c2)CC1. The van der Waals surface area contributed by atoms with Crippen LogP contribution in [0.4, 0.5) is 26.0 Å². The molecular weight excluding hydrogens is 550 g/mol. The lowest BCUT2D eigenvalue weighted by molar-refractivity contribution is 0.134. The zero-order chi connectivity index (χ0) is 28.8. The van der Waals surface area contributed by atoms with Gasteiger partial charge in [0.05, 0.1) is 5.69 Å². The summed E-state index contributed by atoms with van der Waals surface area (Å²) in [6, 6.07) is 18.6. The topological polar surface area (TPSA) is 99.7 Å². The number of hydrogen-bond acceptors (Lipinski definition) is 8. The largest absolute Gasteiger partial charge is 0.492 e. The summed E-state index contributed by atoms with van der Waals surface area (Å²) in [7, 11) is -2.32. The molecule has 2 N–H and O–H groups in total. The van der Waals surface area contributed by atoms with Crippen LogP contribution in [-0.4, -0.2) is 74.6 Å². The number of nitrogens with zero attached hydrogens (tertiary/aromatic N) is 4. The van der Waals surface area contributed by atoms with Gasteiger partial charge >= 0.3 is 0 Å². The Hall–Kier alpha value is -4.13. The number of likely N-dealkylation sites (N-methyl/N-ethyl adjacent to an activating group) is 1. The second-order valence-electron chi connectivity index (χ2n) is 9.67. The van der Waals surface area contributed by atoms with E-state index in [0.717, 1.165) is 62.2 Å². The van der Waals surface area contributed by atoms with Crippen molar-refractivity contribution >= 4 is 27.2 Å². The monoisotopic (exact) mass is 580 g/mol. The minimum absolute atomic E-state index is 0.144. The first-order valence-electron chi connectivity index (χ1n) is 13.1. The molecule has 0 amide bonds. The number of rotatable bonds is 10. The van der Waals surface area contributed by atoms with Gasteiger partial charge in [0.15, 0.2) is 4.90 Å². The van der Waals surface area contributed by atoms with Gasteiger partial charge in [0.25, 0.3) is 10.0 Å². The summed E-state index contributed by atoms with van der Waals surface area (Å²) in [6.07, 6.45) is 1.45. The van der Waals surface area contributed by atoms with Crippen molar-refractivity contribution in [2.45, 2.75) is 4.90 Å². The van der Waals surface area contributed by atoms with Crippen molar-refractivity contribution < 1.29 is 21.9 Å². The van der Waals surface area contributed by atoms with Crippen molar-refractivity contribution in [2.75, 3.05) is 56.4 Å². The first kappa shape index (κ1) is 28.4. The van der Waals surface area contributed by atoms with E-state index in [0.29, 0.717) is 23.8 Å². The zero-order valence-corrected chi connectivity index (χ0v) is 23.2. The zero-order valence-electron chi connectivity index (χ0n) is 22.4. The highest BCUT2D eigenvalue weighted by Gasteiger charge is 2.24. The fourth-order valence-electron chi connectivity index (χ4n) is 4.41. The number of sulfonamides is 1. The van der Waals surface area contributed by atoms with E-state index in [9.17, 15) is 17.2 Å². The van der Waals surface area contributed by atoms with Crippen molar-refractivity contribution in [3.8, 4) is 17.0 Å². The van der Waals surface area contributed by atoms with Gasteiger partial charge in [-0.25, -0.2) is 27.2 Å². The third-order valence-corrected chi connectivity index (χ3v) is 8.10. The number of piperazine rings is 1. The molecule has 0 bridgehead atoms. The van der Waals surface area contributed by atoms with Crippen LogP contribution >= 0.6 is 0 Å². The molecule has 0 atom stereocenters. The number of halogens is 2. The first-order chi connectivity index (χ1) is 19.8. The van der Waals surface area contributed by atoms with Crippen molar-refractivity contribution in [3.63, 3.8) is 0 Å². The van der Waals surface area contributed by atoms with Crippen molar-refractivity contribution in [1.29, 1.82) is 0 Å².